The quantitative estimate of drug-likeness (QED) is 0.575. The highest BCUT2D eigenvalue weighted by Crippen LogP contribution is 2.28. The highest BCUT2D eigenvalue weighted by Gasteiger charge is 2.37. The van der Waals surface area contributed by atoms with E-state index in [2.05, 4.69) is 0 Å². The van der Waals surface area contributed by atoms with E-state index in [0.717, 1.165) is 6.08 Å². The summed E-state index contributed by atoms with van der Waals surface area (Å²) in [4.78, 5) is 10.9. The van der Waals surface area contributed by atoms with E-state index in [1.165, 1.54) is 0 Å². The van der Waals surface area contributed by atoms with E-state index in [1.54, 1.807) is 0 Å². The van der Waals surface area contributed by atoms with Crippen LogP contribution in [0.5, 0.6) is 0 Å². The molecule has 0 aromatic carbocycles. The van der Waals surface area contributed by atoms with Crippen molar-refractivity contribution in [3.05, 3.63) is 11.6 Å². The topological polar surface area (TPSA) is 40.5 Å². The molecule has 0 aromatic rings. The summed E-state index contributed by atoms with van der Waals surface area (Å²) in [5.41, 5.74) is -0.787. The first-order chi connectivity index (χ1) is 5.41. The lowest BCUT2D eigenvalue weighted by molar-refractivity contribution is -0.0931. The molecule has 0 aliphatic carbocycles. The number of carboxylic acid groups (broad SMARTS) is 1. The number of carbonyl (C=O) groups is 1. The molecule has 0 fully saturated rings. The van der Waals surface area contributed by atoms with E-state index in [-0.39, 0.29) is 6.54 Å². The fourth-order valence-electron chi connectivity index (χ4n) is 0.906. The van der Waals surface area contributed by atoms with E-state index in [0.29, 0.717) is 4.90 Å². The first kappa shape index (κ1) is 8.89. The second-order valence-corrected chi connectivity index (χ2v) is 2.39. The van der Waals surface area contributed by atoms with Gasteiger partial charge in [0.2, 0.25) is 0 Å². The van der Waals surface area contributed by atoms with Crippen molar-refractivity contribution in [3.8, 4) is 0 Å². The molecule has 0 spiro atoms. The van der Waals surface area contributed by atoms with Crippen molar-refractivity contribution in [1.82, 2.24) is 4.90 Å². The van der Waals surface area contributed by atoms with Crippen molar-refractivity contribution in [1.29, 1.82) is 0 Å². The van der Waals surface area contributed by atoms with Gasteiger partial charge in [-0.3, -0.25) is 0 Å². The molecule has 1 N–H and O–H groups in total. The van der Waals surface area contributed by atoms with Gasteiger partial charge < -0.3 is 10.0 Å². The molecule has 1 amide bonds. The lowest BCUT2D eigenvalue weighted by Crippen LogP contribution is -2.29. The minimum absolute atomic E-state index is 0.176. The van der Waals surface area contributed by atoms with E-state index in [1.807, 2.05) is 0 Å². The molecule has 0 aromatic heterocycles. The number of amides is 1. The molecule has 6 heteroatoms. The number of hydrogen-bond donors (Lipinski definition) is 1. The van der Waals surface area contributed by atoms with Gasteiger partial charge in [-0.25, -0.2) is 4.79 Å². The van der Waals surface area contributed by atoms with Crippen molar-refractivity contribution < 1.29 is 23.1 Å². The number of nitrogens with zero attached hydrogens (tertiary/aromatic N) is 1. The third-order valence-corrected chi connectivity index (χ3v) is 1.55. The molecule has 0 saturated heterocycles. The Morgan fingerprint density at radius 1 is 1.58 bits per heavy atom. The molecule has 1 rings (SSSR count). The zero-order valence-corrected chi connectivity index (χ0v) is 5.93. The largest absolute Gasteiger partial charge is 0.465 e. The number of halogens is 3. The van der Waals surface area contributed by atoms with Gasteiger partial charge in [0.05, 0.1) is 12.1 Å². The Labute approximate surface area is 66.1 Å². The van der Waals surface area contributed by atoms with Gasteiger partial charge >= 0.3 is 12.3 Å². The van der Waals surface area contributed by atoms with Crippen LogP contribution in [0.25, 0.3) is 0 Å². The van der Waals surface area contributed by atoms with Crippen LogP contribution in [-0.4, -0.2) is 35.4 Å². The third-order valence-electron chi connectivity index (χ3n) is 1.55. The standard InChI is InChI=1S/C6H6F3NO2/c7-6(8,9)4-1-2-10(3-4)5(11)12/h1H,2-3H2,(H,11,12). The van der Waals surface area contributed by atoms with Crippen LogP contribution in [-0.2, 0) is 0 Å². The van der Waals surface area contributed by atoms with Crippen molar-refractivity contribution in [2.24, 2.45) is 0 Å². The Hall–Kier alpha value is -1.20. The highest BCUT2D eigenvalue weighted by molar-refractivity contribution is 5.66. The summed E-state index contributed by atoms with van der Waals surface area (Å²) < 4.78 is 35.7. The van der Waals surface area contributed by atoms with Crippen LogP contribution < -0.4 is 0 Å². The van der Waals surface area contributed by atoms with Crippen LogP contribution in [0.3, 0.4) is 0 Å². The fourth-order valence-corrected chi connectivity index (χ4v) is 0.906. The Kier molecular flexibility index (Phi) is 1.99. The summed E-state index contributed by atoms with van der Waals surface area (Å²) in [6.45, 7) is -0.733. The summed E-state index contributed by atoms with van der Waals surface area (Å²) in [7, 11) is 0. The highest BCUT2D eigenvalue weighted by atomic mass is 19.4. The van der Waals surface area contributed by atoms with Crippen LogP contribution >= 0.6 is 0 Å². The van der Waals surface area contributed by atoms with E-state index in [9.17, 15) is 18.0 Å². The van der Waals surface area contributed by atoms with Gasteiger partial charge in [0.1, 0.15) is 0 Å². The number of alkyl halides is 3. The number of hydrogen-bond acceptors (Lipinski definition) is 1. The zero-order valence-electron chi connectivity index (χ0n) is 5.93. The lowest BCUT2D eigenvalue weighted by Gasteiger charge is -2.12. The minimum Gasteiger partial charge on any atom is -0.465 e. The second kappa shape index (κ2) is 2.69. The Morgan fingerprint density at radius 3 is 2.42 bits per heavy atom. The molecule has 0 bridgehead atoms. The molecular weight excluding hydrogens is 175 g/mol. The van der Waals surface area contributed by atoms with Crippen LogP contribution in [0.15, 0.2) is 11.6 Å². The first-order valence-electron chi connectivity index (χ1n) is 3.15. The SMILES string of the molecule is O=C(O)N1CC=C(C(F)(F)F)C1. The normalized spacial score (nSPS) is 17.9. The maximum atomic E-state index is 11.9. The molecule has 0 saturated carbocycles. The average molecular weight is 181 g/mol. The summed E-state index contributed by atoms with van der Waals surface area (Å²) in [5, 5.41) is 8.32. The molecular formula is C6H6F3NO2. The predicted molar refractivity (Wildman–Crippen MR) is 33.7 cm³/mol. The maximum absolute atomic E-state index is 11.9. The molecule has 68 valence electrons. The summed E-state index contributed by atoms with van der Waals surface area (Å²) >= 11 is 0. The Morgan fingerprint density at radius 2 is 2.17 bits per heavy atom. The fraction of sp³-hybridized carbons (Fsp3) is 0.500. The third kappa shape index (κ3) is 1.69. The van der Waals surface area contributed by atoms with Gasteiger partial charge in [-0.15, -0.1) is 0 Å². The molecule has 1 aliphatic rings. The van der Waals surface area contributed by atoms with Crippen LogP contribution in [0, 0.1) is 0 Å². The van der Waals surface area contributed by atoms with Gasteiger partial charge in [0, 0.05) is 6.54 Å². The Balaban J connectivity index is 2.61. The number of rotatable bonds is 0. The van der Waals surface area contributed by atoms with Crippen molar-refractivity contribution in [2.75, 3.05) is 13.1 Å². The first-order valence-corrected chi connectivity index (χ1v) is 3.15. The van der Waals surface area contributed by atoms with Gasteiger partial charge in [-0.1, -0.05) is 6.08 Å². The van der Waals surface area contributed by atoms with Crippen molar-refractivity contribution in [3.63, 3.8) is 0 Å². The maximum Gasteiger partial charge on any atom is 0.414 e. The van der Waals surface area contributed by atoms with Crippen LogP contribution in [0.4, 0.5) is 18.0 Å². The molecule has 1 heterocycles. The summed E-state index contributed by atoms with van der Waals surface area (Å²) in [6, 6.07) is 0. The van der Waals surface area contributed by atoms with Gasteiger partial charge in [0.15, 0.2) is 0 Å². The summed E-state index contributed by atoms with van der Waals surface area (Å²) in [6.07, 6.45) is -4.84. The molecule has 3 nitrogen and oxygen atoms in total. The molecule has 1 aliphatic heterocycles. The van der Waals surface area contributed by atoms with Crippen molar-refractivity contribution in [2.45, 2.75) is 6.18 Å². The second-order valence-electron chi connectivity index (χ2n) is 2.39. The predicted octanol–water partition coefficient (Wildman–Crippen LogP) is 1.47. The monoisotopic (exact) mass is 181 g/mol. The molecule has 0 atom stereocenters. The zero-order chi connectivity index (χ0) is 9.35. The van der Waals surface area contributed by atoms with Crippen LogP contribution in [0.1, 0.15) is 0 Å². The smallest absolute Gasteiger partial charge is 0.414 e. The molecule has 0 radical (unpaired) electrons. The molecule has 0 unspecified atom stereocenters. The van der Waals surface area contributed by atoms with E-state index < -0.39 is 24.4 Å². The van der Waals surface area contributed by atoms with Gasteiger partial charge in [-0.05, 0) is 0 Å². The van der Waals surface area contributed by atoms with Crippen molar-refractivity contribution >= 4 is 6.09 Å². The lowest BCUT2D eigenvalue weighted by atomic mass is 10.3. The van der Waals surface area contributed by atoms with E-state index in [4.69, 9.17) is 5.11 Å². The Bertz CT molecular complexity index is 233. The molecule has 12 heavy (non-hydrogen) atoms. The minimum atomic E-state index is -4.40. The summed E-state index contributed by atoms with van der Waals surface area (Å²) in [5.74, 6) is 0. The van der Waals surface area contributed by atoms with Gasteiger partial charge in [0.25, 0.3) is 0 Å². The van der Waals surface area contributed by atoms with Crippen LogP contribution in [0.2, 0.25) is 0 Å². The average Bonchev–Trinajstić information content (AvgIpc) is 2.30. The van der Waals surface area contributed by atoms with E-state index >= 15 is 0 Å². The van der Waals surface area contributed by atoms with Gasteiger partial charge in [-0.2, -0.15) is 13.2 Å².